The van der Waals surface area contributed by atoms with Gasteiger partial charge in [0.15, 0.2) is 5.65 Å². The highest BCUT2D eigenvalue weighted by molar-refractivity contribution is 6.31. The van der Waals surface area contributed by atoms with Crippen LogP contribution < -0.4 is 27.0 Å². The van der Waals surface area contributed by atoms with Crippen molar-refractivity contribution in [1.29, 1.82) is 0 Å². The van der Waals surface area contributed by atoms with E-state index in [-0.39, 0.29) is 22.4 Å². The summed E-state index contributed by atoms with van der Waals surface area (Å²) in [7, 11) is 4.35. The van der Waals surface area contributed by atoms with Gasteiger partial charge in [0.05, 0.1) is 23.7 Å². The zero-order valence-electron chi connectivity index (χ0n) is 17.1. The molecule has 9 nitrogen and oxygen atoms in total. The van der Waals surface area contributed by atoms with Crippen molar-refractivity contribution in [1.82, 2.24) is 14.1 Å². The van der Waals surface area contributed by atoms with Crippen LogP contribution >= 0.6 is 11.6 Å². The summed E-state index contributed by atoms with van der Waals surface area (Å²) in [6.07, 6.45) is 1.04. The number of fused-ring (bicyclic) bond motifs is 1. The van der Waals surface area contributed by atoms with Gasteiger partial charge >= 0.3 is 5.69 Å². The number of amides is 1. The first kappa shape index (κ1) is 21.4. The number of anilines is 2. The Balaban J connectivity index is 2.28. The third-order valence-electron chi connectivity index (χ3n) is 4.86. The molecule has 1 amide bonds. The standard InChI is InChI=1S/C20H22ClN5O4/c1-5-6-11-14(18(27)23-12-9-10(21)7-8-13(12)30-4)16(22)24-17-15(11)19(28)26(3)20(29)25(17)2/h7-9H,5-6H2,1-4H3,(H2,22,24)(H,23,27). The normalized spacial score (nSPS) is 11.0. The summed E-state index contributed by atoms with van der Waals surface area (Å²) in [5.74, 6) is -0.218. The van der Waals surface area contributed by atoms with Crippen LogP contribution in [0.15, 0.2) is 27.8 Å². The van der Waals surface area contributed by atoms with E-state index in [4.69, 9.17) is 22.1 Å². The smallest absolute Gasteiger partial charge is 0.332 e. The zero-order valence-corrected chi connectivity index (χ0v) is 17.8. The fraction of sp³-hybridized carbons (Fsp3) is 0.300. The molecule has 0 aliphatic rings. The van der Waals surface area contributed by atoms with Crippen molar-refractivity contribution in [3.05, 3.63) is 55.2 Å². The Kier molecular flexibility index (Phi) is 5.84. The minimum Gasteiger partial charge on any atom is -0.495 e. The van der Waals surface area contributed by atoms with Crippen LogP contribution in [0.3, 0.4) is 0 Å². The Hall–Kier alpha value is -3.33. The lowest BCUT2D eigenvalue weighted by atomic mass is 9.99. The lowest BCUT2D eigenvalue weighted by Gasteiger charge is -2.17. The van der Waals surface area contributed by atoms with Crippen LogP contribution in [0, 0.1) is 0 Å². The number of benzene rings is 1. The molecule has 0 radical (unpaired) electrons. The SMILES string of the molecule is CCCc1c(C(=O)Nc2cc(Cl)ccc2OC)c(N)nc2c1c(=O)n(C)c(=O)n2C. The van der Waals surface area contributed by atoms with E-state index in [0.717, 1.165) is 4.57 Å². The van der Waals surface area contributed by atoms with Gasteiger partial charge in [-0.25, -0.2) is 9.78 Å². The number of halogens is 1. The summed E-state index contributed by atoms with van der Waals surface area (Å²) in [5, 5.41) is 3.34. The van der Waals surface area contributed by atoms with Gasteiger partial charge in [-0.05, 0) is 30.2 Å². The van der Waals surface area contributed by atoms with Crippen molar-refractivity contribution in [3.63, 3.8) is 0 Å². The molecule has 3 rings (SSSR count). The van der Waals surface area contributed by atoms with Crippen LogP contribution in [-0.2, 0) is 20.5 Å². The first-order chi connectivity index (χ1) is 14.2. The second kappa shape index (κ2) is 8.19. The van der Waals surface area contributed by atoms with Crippen LogP contribution in [0.1, 0.15) is 29.3 Å². The Labute approximate surface area is 177 Å². The van der Waals surface area contributed by atoms with E-state index in [9.17, 15) is 14.4 Å². The number of carbonyl (C=O) groups excluding carboxylic acids is 1. The average molecular weight is 432 g/mol. The van der Waals surface area contributed by atoms with E-state index in [0.29, 0.717) is 34.9 Å². The molecule has 0 unspecified atom stereocenters. The highest BCUT2D eigenvalue weighted by atomic mass is 35.5. The predicted octanol–water partition coefficient (Wildman–Crippen LogP) is 2.08. The third-order valence-corrected chi connectivity index (χ3v) is 5.09. The average Bonchev–Trinajstić information content (AvgIpc) is 2.70. The van der Waals surface area contributed by atoms with E-state index < -0.39 is 17.2 Å². The number of nitrogens with two attached hydrogens (primary N) is 1. The van der Waals surface area contributed by atoms with Gasteiger partial charge in [-0.2, -0.15) is 0 Å². The lowest BCUT2D eigenvalue weighted by Crippen LogP contribution is -2.38. The number of methoxy groups -OCH3 is 1. The first-order valence-corrected chi connectivity index (χ1v) is 9.62. The number of pyridine rings is 1. The topological polar surface area (TPSA) is 121 Å². The van der Waals surface area contributed by atoms with Gasteiger partial charge in [-0.15, -0.1) is 0 Å². The predicted molar refractivity (Wildman–Crippen MR) is 117 cm³/mol. The molecule has 0 atom stereocenters. The molecule has 3 aromatic rings. The number of nitrogen functional groups attached to an aromatic ring is 1. The molecule has 0 aliphatic heterocycles. The molecule has 2 heterocycles. The molecule has 0 bridgehead atoms. The van der Waals surface area contributed by atoms with E-state index in [2.05, 4.69) is 10.3 Å². The lowest BCUT2D eigenvalue weighted by molar-refractivity contribution is 0.102. The third kappa shape index (κ3) is 3.52. The monoisotopic (exact) mass is 431 g/mol. The van der Waals surface area contributed by atoms with Crippen molar-refractivity contribution >= 4 is 40.0 Å². The van der Waals surface area contributed by atoms with Crippen LogP contribution in [0.5, 0.6) is 5.75 Å². The maximum atomic E-state index is 13.2. The van der Waals surface area contributed by atoms with Gasteiger partial charge < -0.3 is 15.8 Å². The number of aryl methyl sites for hydroxylation is 2. The van der Waals surface area contributed by atoms with Crippen molar-refractivity contribution in [2.45, 2.75) is 19.8 Å². The Morgan fingerprint density at radius 1 is 1.27 bits per heavy atom. The zero-order chi connectivity index (χ0) is 22.2. The minimum absolute atomic E-state index is 0.0762. The van der Waals surface area contributed by atoms with Gasteiger partial charge in [-0.1, -0.05) is 24.9 Å². The maximum absolute atomic E-state index is 13.2. The van der Waals surface area contributed by atoms with Crippen LogP contribution in [0.25, 0.3) is 11.0 Å². The Morgan fingerprint density at radius 3 is 2.60 bits per heavy atom. The second-order valence-electron chi connectivity index (χ2n) is 6.80. The molecule has 3 N–H and O–H groups in total. The van der Waals surface area contributed by atoms with Crippen molar-refractivity contribution in [3.8, 4) is 5.75 Å². The summed E-state index contributed by atoms with van der Waals surface area (Å²) in [6.45, 7) is 1.91. The first-order valence-electron chi connectivity index (χ1n) is 9.24. The van der Waals surface area contributed by atoms with Gasteiger partial charge in [0.2, 0.25) is 0 Å². The van der Waals surface area contributed by atoms with Crippen molar-refractivity contribution in [2.24, 2.45) is 14.1 Å². The Bertz CT molecular complexity index is 1280. The number of nitrogens with one attached hydrogen (secondary N) is 1. The number of ether oxygens (including phenoxy) is 1. The molecule has 158 valence electrons. The van der Waals surface area contributed by atoms with E-state index in [1.54, 1.807) is 18.2 Å². The Morgan fingerprint density at radius 2 is 1.97 bits per heavy atom. The fourth-order valence-electron chi connectivity index (χ4n) is 3.39. The highest BCUT2D eigenvalue weighted by Crippen LogP contribution is 2.30. The number of hydrogen-bond donors (Lipinski definition) is 2. The van der Waals surface area contributed by atoms with Crippen LogP contribution in [-0.4, -0.2) is 27.1 Å². The van der Waals surface area contributed by atoms with Gasteiger partial charge in [-0.3, -0.25) is 18.7 Å². The fourth-order valence-corrected chi connectivity index (χ4v) is 3.57. The molecule has 0 fully saturated rings. The number of nitrogens with zero attached hydrogens (tertiary/aromatic N) is 3. The molecule has 0 saturated heterocycles. The molecular formula is C20H22ClN5O4. The molecule has 0 saturated carbocycles. The summed E-state index contributed by atoms with van der Waals surface area (Å²) in [4.78, 5) is 42.6. The summed E-state index contributed by atoms with van der Waals surface area (Å²) < 4.78 is 7.50. The molecule has 0 spiro atoms. The summed E-state index contributed by atoms with van der Waals surface area (Å²) in [5.41, 5.74) is 6.09. The summed E-state index contributed by atoms with van der Waals surface area (Å²) in [6, 6.07) is 4.80. The van der Waals surface area contributed by atoms with Crippen LogP contribution in [0.4, 0.5) is 11.5 Å². The molecular weight excluding hydrogens is 410 g/mol. The summed E-state index contributed by atoms with van der Waals surface area (Å²) >= 11 is 6.04. The van der Waals surface area contributed by atoms with Crippen LogP contribution in [0.2, 0.25) is 5.02 Å². The quantitative estimate of drug-likeness (QED) is 0.637. The molecule has 1 aromatic carbocycles. The van der Waals surface area contributed by atoms with Gasteiger partial charge in [0.25, 0.3) is 11.5 Å². The van der Waals surface area contributed by atoms with E-state index in [1.807, 2.05) is 6.92 Å². The van der Waals surface area contributed by atoms with Gasteiger partial charge in [0, 0.05) is 19.1 Å². The highest BCUT2D eigenvalue weighted by Gasteiger charge is 2.24. The number of carbonyl (C=O) groups is 1. The van der Waals surface area contributed by atoms with E-state index >= 15 is 0 Å². The van der Waals surface area contributed by atoms with Gasteiger partial charge in [0.1, 0.15) is 11.6 Å². The number of aromatic nitrogens is 3. The number of hydrogen-bond acceptors (Lipinski definition) is 6. The van der Waals surface area contributed by atoms with E-state index in [1.165, 1.54) is 25.8 Å². The van der Waals surface area contributed by atoms with Crippen molar-refractivity contribution in [2.75, 3.05) is 18.2 Å². The molecule has 2 aromatic heterocycles. The minimum atomic E-state index is -0.554. The van der Waals surface area contributed by atoms with Crippen molar-refractivity contribution < 1.29 is 9.53 Å². The maximum Gasteiger partial charge on any atom is 0.332 e. The molecule has 10 heteroatoms. The second-order valence-corrected chi connectivity index (χ2v) is 7.24. The largest absolute Gasteiger partial charge is 0.495 e. The molecule has 0 aliphatic carbocycles. The number of rotatable bonds is 5. The molecule has 30 heavy (non-hydrogen) atoms.